The van der Waals surface area contributed by atoms with Gasteiger partial charge in [0.2, 0.25) is 5.91 Å². The highest BCUT2D eigenvalue weighted by atomic mass is 35.5. The van der Waals surface area contributed by atoms with Crippen LogP contribution in [0.4, 0.5) is 0 Å². The van der Waals surface area contributed by atoms with E-state index in [1.165, 1.54) is 0 Å². The fourth-order valence-corrected chi connectivity index (χ4v) is 11.0. The highest BCUT2D eigenvalue weighted by Gasteiger charge is 2.43. The zero-order valence-electron chi connectivity index (χ0n) is 33.3. The van der Waals surface area contributed by atoms with Crippen LogP contribution in [0.5, 0.6) is 17.2 Å². The number of aryl methyl sites for hydroxylation is 2. The molecule has 1 amide bonds. The van der Waals surface area contributed by atoms with Crippen LogP contribution in [0, 0.1) is 25.2 Å². The van der Waals surface area contributed by atoms with Crippen LogP contribution < -0.4 is 19.5 Å². The smallest absolute Gasteiger partial charge is 0.326 e. The van der Waals surface area contributed by atoms with Crippen molar-refractivity contribution in [3.05, 3.63) is 157 Å². The van der Waals surface area contributed by atoms with Crippen molar-refractivity contribution < 1.29 is 37.3 Å². The maximum Gasteiger partial charge on any atom is 0.326 e. The molecule has 2 aliphatic rings. The molecule has 1 unspecified atom stereocenters. The summed E-state index contributed by atoms with van der Waals surface area (Å²) < 4.78 is 48.6. The van der Waals surface area contributed by atoms with Gasteiger partial charge in [-0.2, -0.15) is 9.57 Å². The number of aromatic nitrogens is 1. The number of aliphatic carboxylic acids is 1. The first-order valence-electron chi connectivity index (χ1n) is 19.5. The van der Waals surface area contributed by atoms with Gasteiger partial charge in [0.25, 0.3) is 10.0 Å². The van der Waals surface area contributed by atoms with Crippen LogP contribution in [0.2, 0.25) is 10.0 Å². The van der Waals surface area contributed by atoms with E-state index >= 15 is 0 Å². The van der Waals surface area contributed by atoms with Crippen LogP contribution in [0.1, 0.15) is 50.2 Å². The first-order valence-corrected chi connectivity index (χ1v) is 22.5. The van der Waals surface area contributed by atoms with Crippen molar-refractivity contribution in [2.75, 3.05) is 6.61 Å². The Morgan fingerprint density at radius 2 is 1.61 bits per heavy atom. The molecule has 12 nitrogen and oxygen atoms in total. The summed E-state index contributed by atoms with van der Waals surface area (Å²) >= 11 is 13.2. The fourth-order valence-electron chi connectivity index (χ4n) is 7.47. The van der Waals surface area contributed by atoms with E-state index in [2.05, 4.69) is 16.4 Å². The van der Waals surface area contributed by atoms with E-state index in [4.69, 9.17) is 42.7 Å². The van der Waals surface area contributed by atoms with Crippen LogP contribution in [0.3, 0.4) is 0 Å². The average Bonchev–Trinajstić information content (AvgIpc) is 3.63. The lowest BCUT2D eigenvalue weighted by molar-refractivity contribution is -0.142. The van der Waals surface area contributed by atoms with E-state index in [0.29, 0.717) is 66.9 Å². The molecule has 2 aliphatic heterocycles. The number of nitrogens with one attached hydrogen (secondary N) is 1. The van der Waals surface area contributed by atoms with Crippen molar-refractivity contribution in [3.63, 3.8) is 0 Å². The molecule has 0 spiro atoms. The largest absolute Gasteiger partial charge is 0.489 e. The molecule has 0 radical (unpaired) electrons. The van der Waals surface area contributed by atoms with E-state index < -0.39 is 40.1 Å². The molecule has 8 rings (SSSR count). The fraction of sp³-hybridized carbons (Fsp3) is 0.217. The number of carboxylic acid groups (broad SMARTS) is 1. The Kier molecular flexibility index (Phi) is 12.3. The Morgan fingerprint density at radius 1 is 0.935 bits per heavy atom. The molecule has 5 aromatic carbocycles. The lowest BCUT2D eigenvalue weighted by Crippen LogP contribution is -2.55. The standard InChI is InChI=1S/C46H38Cl2N4O8S2/c1-26-46(61-27(2)50-26)62(56,57)52-23-35-21-42-41(59-25-43(60-42)33-12-14-36(15-13-33)58-24-30-7-16-37(47)38(48)17-30)20-34(35)19-40(52)44(53)51-39(45(54)55)18-28-3-8-31(9-4-28)32-10-5-29(22-49)6-11-32/h3-17,20-21,39-40,43H,18-19,23-25H2,1-2H3,(H,51,53)(H,54,55)/t39-,40?,43+/m0/s1. The molecule has 0 aliphatic carbocycles. The number of nitrogens with zero attached hydrogens (tertiary/aromatic N) is 3. The summed E-state index contributed by atoms with van der Waals surface area (Å²) in [5.41, 5.74) is 6.23. The van der Waals surface area contributed by atoms with Gasteiger partial charge in [0.15, 0.2) is 21.8 Å². The number of carbonyl (C=O) groups excluding carboxylic acids is 1. The number of amides is 1. The average molecular weight is 910 g/mol. The highest BCUT2D eigenvalue weighted by molar-refractivity contribution is 7.91. The monoisotopic (exact) mass is 908 g/mol. The predicted molar refractivity (Wildman–Crippen MR) is 234 cm³/mol. The predicted octanol–water partition coefficient (Wildman–Crippen LogP) is 8.62. The third-order valence-corrected chi connectivity index (χ3v) is 15.0. The van der Waals surface area contributed by atoms with Gasteiger partial charge in [-0.15, -0.1) is 11.3 Å². The Balaban J connectivity index is 1.01. The Bertz CT molecular complexity index is 2830. The summed E-state index contributed by atoms with van der Waals surface area (Å²) in [5.74, 6) is -0.519. The highest BCUT2D eigenvalue weighted by Crippen LogP contribution is 2.42. The van der Waals surface area contributed by atoms with Crippen molar-refractivity contribution in [2.24, 2.45) is 0 Å². The summed E-state index contributed by atoms with van der Waals surface area (Å²) in [6.07, 6.45) is -0.576. The van der Waals surface area contributed by atoms with Gasteiger partial charge >= 0.3 is 5.97 Å². The third kappa shape index (κ3) is 9.13. The number of carboxylic acids is 1. The molecule has 1 aromatic heterocycles. The molecule has 3 atom stereocenters. The number of hydrogen-bond donors (Lipinski definition) is 2. The van der Waals surface area contributed by atoms with Crippen LogP contribution >= 0.6 is 34.5 Å². The molecule has 0 saturated heterocycles. The molecule has 0 fully saturated rings. The molecule has 3 heterocycles. The molecule has 62 heavy (non-hydrogen) atoms. The SMILES string of the molecule is Cc1nc(C)c(S(=O)(=O)N2Cc3cc4c(cc3CC2C(=O)N[C@@H](Cc2ccc(-c3ccc(C#N)cc3)cc2)C(=O)O)OC[C@H](c2ccc(OCc3ccc(Cl)c(Cl)c3)cc2)O4)s1. The van der Waals surface area contributed by atoms with Gasteiger partial charge in [-0.25, -0.2) is 18.2 Å². The van der Waals surface area contributed by atoms with E-state index in [9.17, 15) is 23.1 Å². The van der Waals surface area contributed by atoms with Crippen molar-refractivity contribution in [2.45, 2.75) is 62.2 Å². The number of fused-ring (bicyclic) bond motifs is 2. The van der Waals surface area contributed by atoms with Crippen molar-refractivity contribution >= 4 is 56.4 Å². The van der Waals surface area contributed by atoms with Crippen molar-refractivity contribution in [1.82, 2.24) is 14.6 Å². The molecule has 0 saturated carbocycles. The number of ether oxygens (including phenoxy) is 3. The number of carbonyl (C=O) groups is 2. The lowest BCUT2D eigenvalue weighted by atomic mass is 9.94. The number of hydrogen-bond acceptors (Lipinski definition) is 10. The lowest BCUT2D eigenvalue weighted by Gasteiger charge is -2.36. The number of nitriles is 1. The summed E-state index contributed by atoms with van der Waals surface area (Å²) in [7, 11) is -4.30. The van der Waals surface area contributed by atoms with Gasteiger partial charge in [0, 0.05) is 13.0 Å². The Labute approximate surface area is 372 Å². The Hall–Kier alpha value is -5.95. The Morgan fingerprint density at radius 3 is 2.26 bits per heavy atom. The van der Waals surface area contributed by atoms with E-state index in [-0.39, 0.29) is 30.2 Å². The van der Waals surface area contributed by atoms with Gasteiger partial charge in [-0.1, -0.05) is 77.8 Å². The molecule has 6 aromatic rings. The van der Waals surface area contributed by atoms with Crippen LogP contribution in [-0.2, 0) is 45.6 Å². The molecular formula is C46H38Cl2N4O8S2. The number of sulfonamides is 1. The van der Waals surface area contributed by atoms with Crippen molar-refractivity contribution in [1.29, 1.82) is 5.26 Å². The molecule has 316 valence electrons. The molecule has 16 heteroatoms. The number of halogens is 2. The minimum atomic E-state index is -4.30. The quantitative estimate of drug-likeness (QED) is 0.121. The molecule has 2 N–H and O–H groups in total. The second-order valence-corrected chi connectivity index (χ2v) is 19.1. The second-order valence-electron chi connectivity index (χ2n) is 15.0. The number of benzene rings is 5. The van der Waals surface area contributed by atoms with E-state index in [0.717, 1.165) is 37.9 Å². The normalized spacial score (nSPS) is 16.4. The van der Waals surface area contributed by atoms with Gasteiger partial charge in [-0.05, 0) is 108 Å². The first kappa shape index (κ1) is 42.7. The number of thiazole rings is 1. The third-order valence-electron chi connectivity index (χ3n) is 10.7. The summed E-state index contributed by atoms with van der Waals surface area (Å²) in [4.78, 5) is 31.2. The molecule has 0 bridgehead atoms. The molecular weight excluding hydrogens is 872 g/mol. The summed E-state index contributed by atoms with van der Waals surface area (Å²) in [6, 6.07) is 30.0. The summed E-state index contributed by atoms with van der Waals surface area (Å²) in [6.45, 7) is 3.61. The zero-order valence-corrected chi connectivity index (χ0v) is 36.4. The maximum atomic E-state index is 14.5. The van der Waals surface area contributed by atoms with E-state index in [1.807, 2.05) is 54.6 Å². The van der Waals surface area contributed by atoms with Crippen molar-refractivity contribution in [3.8, 4) is 34.4 Å². The number of rotatable bonds is 12. The maximum absolute atomic E-state index is 14.5. The van der Waals surface area contributed by atoms with E-state index in [1.54, 1.807) is 62.4 Å². The topological polar surface area (TPSA) is 168 Å². The van der Waals surface area contributed by atoms with Gasteiger partial charge in [0.1, 0.15) is 31.0 Å². The van der Waals surface area contributed by atoms with Crippen LogP contribution in [0.15, 0.2) is 107 Å². The minimum absolute atomic E-state index is 0.00962. The summed E-state index contributed by atoms with van der Waals surface area (Å²) in [5, 5.41) is 23.5. The minimum Gasteiger partial charge on any atom is -0.489 e. The van der Waals surface area contributed by atoms with Gasteiger partial charge in [0.05, 0.1) is 32.4 Å². The van der Waals surface area contributed by atoms with Gasteiger partial charge < -0.3 is 24.6 Å². The van der Waals surface area contributed by atoms with Gasteiger partial charge in [-0.3, -0.25) is 4.79 Å². The first-order chi connectivity index (χ1) is 29.7. The zero-order chi connectivity index (χ0) is 43.7. The van der Waals surface area contributed by atoms with Crippen LogP contribution in [0.25, 0.3) is 11.1 Å². The van der Waals surface area contributed by atoms with Crippen LogP contribution in [-0.4, -0.2) is 53.4 Å². The second kappa shape index (κ2) is 17.8.